The first-order chi connectivity index (χ1) is 9.95. The summed E-state index contributed by atoms with van der Waals surface area (Å²) < 4.78 is 0. The van der Waals surface area contributed by atoms with E-state index in [-0.39, 0.29) is 11.7 Å². The van der Waals surface area contributed by atoms with E-state index in [4.69, 9.17) is 5.73 Å². The summed E-state index contributed by atoms with van der Waals surface area (Å²) in [7, 11) is 2.11. The van der Waals surface area contributed by atoms with Gasteiger partial charge in [-0.05, 0) is 57.1 Å². The maximum atomic E-state index is 12.4. The molecule has 0 aliphatic carbocycles. The minimum atomic E-state index is -0.193. The van der Waals surface area contributed by atoms with Gasteiger partial charge in [-0.1, -0.05) is 0 Å². The van der Waals surface area contributed by atoms with Crippen LogP contribution < -0.4 is 11.1 Å². The number of rotatable bonds is 4. The first-order valence-corrected chi connectivity index (χ1v) is 7.34. The second-order valence-corrected chi connectivity index (χ2v) is 5.86. The van der Waals surface area contributed by atoms with Crippen molar-refractivity contribution in [2.75, 3.05) is 31.2 Å². The molecule has 1 aliphatic heterocycles. The normalized spacial score (nSPS) is 16.7. The zero-order valence-corrected chi connectivity index (χ0v) is 12.7. The SMILES string of the molecule is CC(=O)Nc1cc(C(=O)CC2CCN(C)CC2)ccc1N. The number of hydrogen-bond acceptors (Lipinski definition) is 4. The lowest BCUT2D eigenvalue weighted by Crippen LogP contribution is -2.31. The highest BCUT2D eigenvalue weighted by Crippen LogP contribution is 2.25. The van der Waals surface area contributed by atoms with Crippen molar-refractivity contribution < 1.29 is 9.59 Å². The van der Waals surface area contributed by atoms with Crippen molar-refractivity contribution in [2.24, 2.45) is 5.92 Å². The zero-order chi connectivity index (χ0) is 15.4. The molecule has 0 saturated carbocycles. The van der Waals surface area contributed by atoms with E-state index in [0.29, 0.717) is 29.3 Å². The molecule has 5 heteroatoms. The van der Waals surface area contributed by atoms with Gasteiger partial charge in [0.05, 0.1) is 11.4 Å². The van der Waals surface area contributed by atoms with Crippen LogP contribution in [0.1, 0.15) is 36.5 Å². The first-order valence-electron chi connectivity index (χ1n) is 7.34. The third-order valence-electron chi connectivity index (χ3n) is 4.00. The molecule has 2 rings (SSSR count). The number of piperidine rings is 1. The Bertz CT molecular complexity index is 534. The van der Waals surface area contributed by atoms with E-state index in [1.165, 1.54) is 6.92 Å². The highest BCUT2D eigenvalue weighted by atomic mass is 16.1. The Morgan fingerprint density at radius 2 is 2.00 bits per heavy atom. The Hall–Kier alpha value is -1.88. The molecule has 3 N–H and O–H groups in total. The largest absolute Gasteiger partial charge is 0.397 e. The van der Waals surface area contributed by atoms with Gasteiger partial charge in [0.1, 0.15) is 0 Å². The number of benzene rings is 1. The fraction of sp³-hybridized carbons (Fsp3) is 0.500. The molecule has 114 valence electrons. The van der Waals surface area contributed by atoms with Crippen molar-refractivity contribution in [2.45, 2.75) is 26.2 Å². The molecule has 5 nitrogen and oxygen atoms in total. The quantitative estimate of drug-likeness (QED) is 0.658. The van der Waals surface area contributed by atoms with E-state index < -0.39 is 0 Å². The number of nitrogens with one attached hydrogen (secondary N) is 1. The van der Waals surface area contributed by atoms with E-state index >= 15 is 0 Å². The van der Waals surface area contributed by atoms with Crippen LogP contribution in [0.5, 0.6) is 0 Å². The average molecular weight is 289 g/mol. The summed E-state index contributed by atoms with van der Waals surface area (Å²) in [6.45, 7) is 3.53. The van der Waals surface area contributed by atoms with Gasteiger partial charge in [-0.2, -0.15) is 0 Å². The molecule has 1 amide bonds. The molecule has 1 heterocycles. The zero-order valence-electron chi connectivity index (χ0n) is 12.7. The van der Waals surface area contributed by atoms with Crippen molar-refractivity contribution in [1.82, 2.24) is 4.90 Å². The van der Waals surface area contributed by atoms with Crippen molar-refractivity contribution >= 4 is 23.1 Å². The number of likely N-dealkylation sites (tertiary alicyclic amines) is 1. The van der Waals surface area contributed by atoms with Gasteiger partial charge in [-0.15, -0.1) is 0 Å². The van der Waals surface area contributed by atoms with Gasteiger partial charge in [-0.25, -0.2) is 0 Å². The number of hydrogen-bond donors (Lipinski definition) is 2. The van der Waals surface area contributed by atoms with Crippen molar-refractivity contribution in [3.05, 3.63) is 23.8 Å². The van der Waals surface area contributed by atoms with Gasteiger partial charge in [0.2, 0.25) is 5.91 Å². The second kappa shape index (κ2) is 6.72. The molecule has 1 aromatic carbocycles. The lowest BCUT2D eigenvalue weighted by molar-refractivity contribution is -0.114. The topological polar surface area (TPSA) is 75.4 Å². The fourth-order valence-electron chi connectivity index (χ4n) is 2.67. The van der Waals surface area contributed by atoms with Gasteiger partial charge in [0.25, 0.3) is 0 Å². The molecular formula is C16H23N3O2. The number of carbonyl (C=O) groups excluding carboxylic acids is 2. The second-order valence-electron chi connectivity index (χ2n) is 5.86. The third kappa shape index (κ3) is 4.29. The smallest absolute Gasteiger partial charge is 0.221 e. The summed E-state index contributed by atoms with van der Waals surface area (Å²) in [5.74, 6) is 0.383. The number of nitrogens with two attached hydrogens (primary N) is 1. The lowest BCUT2D eigenvalue weighted by Gasteiger charge is -2.28. The Kier molecular flexibility index (Phi) is 4.96. The van der Waals surface area contributed by atoms with Gasteiger partial charge < -0.3 is 16.0 Å². The van der Waals surface area contributed by atoms with Crippen LogP contribution in [0.25, 0.3) is 0 Å². The number of amides is 1. The fourth-order valence-corrected chi connectivity index (χ4v) is 2.67. The predicted molar refractivity (Wildman–Crippen MR) is 84.3 cm³/mol. The molecule has 0 radical (unpaired) electrons. The molecule has 0 bridgehead atoms. The molecule has 21 heavy (non-hydrogen) atoms. The molecule has 1 aliphatic rings. The number of carbonyl (C=O) groups is 2. The van der Waals surface area contributed by atoms with Crippen LogP contribution in [-0.4, -0.2) is 36.7 Å². The molecule has 1 fully saturated rings. The summed E-state index contributed by atoms with van der Waals surface area (Å²) in [6, 6.07) is 5.08. The maximum absolute atomic E-state index is 12.4. The third-order valence-corrected chi connectivity index (χ3v) is 4.00. The number of ketones is 1. The summed E-state index contributed by atoms with van der Waals surface area (Å²) in [5.41, 5.74) is 7.41. The first kappa shape index (κ1) is 15.5. The standard InChI is InChI=1S/C16H23N3O2/c1-11(20)18-15-10-13(3-4-14(15)17)16(21)9-12-5-7-19(2)8-6-12/h3-4,10,12H,5-9,17H2,1-2H3,(H,18,20). The van der Waals surface area contributed by atoms with E-state index in [0.717, 1.165) is 25.9 Å². The van der Waals surface area contributed by atoms with E-state index in [2.05, 4.69) is 17.3 Å². The van der Waals surface area contributed by atoms with Crippen molar-refractivity contribution in [1.29, 1.82) is 0 Å². The predicted octanol–water partition coefficient (Wildman–Crippen LogP) is 2.14. The van der Waals surface area contributed by atoms with Crippen LogP contribution in [0.4, 0.5) is 11.4 Å². The molecular weight excluding hydrogens is 266 g/mol. The number of anilines is 2. The molecule has 0 spiro atoms. The minimum absolute atomic E-state index is 0.121. The van der Waals surface area contributed by atoms with Crippen LogP contribution in [0.15, 0.2) is 18.2 Å². The van der Waals surface area contributed by atoms with E-state index in [9.17, 15) is 9.59 Å². The Balaban J connectivity index is 2.03. The van der Waals surface area contributed by atoms with Gasteiger partial charge in [0.15, 0.2) is 5.78 Å². The van der Waals surface area contributed by atoms with Gasteiger partial charge >= 0.3 is 0 Å². The maximum Gasteiger partial charge on any atom is 0.221 e. The van der Waals surface area contributed by atoms with Crippen molar-refractivity contribution in [3.63, 3.8) is 0 Å². The van der Waals surface area contributed by atoms with Crippen LogP contribution in [-0.2, 0) is 4.79 Å². The number of nitrogens with zero attached hydrogens (tertiary/aromatic N) is 1. The number of nitrogen functional groups attached to an aromatic ring is 1. The van der Waals surface area contributed by atoms with Crippen molar-refractivity contribution in [3.8, 4) is 0 Å². The summed E-state index contributed by atoms with van der Waals surface area (Å²) >= 11 is 0. The van der Waals surface area contributed by atoms with E-state index in [1.54, 1.807) is 18.2 Å². The lowest BCUT2D eigenvalue weighted by atomic mass is 9.90. The number of Topliss-reactive ketones (excluding diaryl/α,β-unsaturated/α-hetero) is 1. The average Bonchev–Trinajstić information content (AvgIpc) is 2.43. The van der Waals surface area contributed by atoms with Gasteiger partial charge in [0, 0.05) is 18.9 Å². The monoisotopic (exact) mass is 289 g/mol. The Labute approximate surface area is 125 Å². The molecule has 0 aromatic heterocycles. The van der Waals surface area contributed by atoms with E-state index in [1.807, 2.05) is 0 Å². The molecule has 1 saturated heterocycles. The van der Waals surface area contributed by atoms with Crippen LogP contribution >= 0.6 is 0 Å². The highest BCUT2D eigenvalue weighted by Gasteiger charge is 2.20. The summed E-state index contributed by atoms with van der Waals surface area (Å²) in [5, 5.41) is 2.65. The minimum Gasteiger partial charge on any atom is -0.397 e. The van der Waals surface area contributed by atoms with Crippen LogP contribution in [0, 0.1) is 5.92 Å². The van der Waals surface area contributed by atoms with Crippen LogP contribution in [0.2, 0.25) is 0 Å². The van der Waals surface area contributed by atoms with Crippen LogP contribution in [0.3, 0.4) is 0 Å². The Morgan fingerprint density at radius 3 is 2.62 bits per heavy atom. The molecule has 0 unspecified atom stereocenters. The van der Waals surface area contributed by atoms with Gasteiger partial charge in [-0.3, -0.25) is 9.59 Å². The Morgan fingerprint density at radius 1 is 1.33 bits per heavy atom. The summed E-state index contributed by atoms with van der Waals surface area (Å²) in [6.07, 6.45) is 2.70. The molecule has 0 atom stereocenters. The summed E-state index contributed by atoms with van der Waals surface area (Å²) in [4.78, 5) is 25.8. The highest BCUT2D eigenvalue weighted by molar-refractivity contribution is 6.00. The molecule has 1 aromatic rings.